The number of nitrogens with zero attached hydrogens (tertiary/aromatic N) is 4. The number of rotatable bonds is 9. The highest BCUT2D eigenvalue weighted by molar-refractivity contribution is 7.89. The fourth-order valence-electron chi connectivity index (χ4n) is 5.23. The van der Waals surface area contributed by atoms with E-state index in [0.717, 1.165) is 61.2 Å². The molecule has 40 heavy (non-hydrogen) atoms. The van der Waals surface area contributed by atoms with Crippen LogP contribution in [0.25, 0.3) is 16.8 Å². The smallest absolute Gasteiger partial charge is 0.245 e. The minimum absolute atomic E-state index is 0.0392. The minimum Gasteiger partial charge on any atom is -0.495 e. The van der Waals surface area contributed by atoms with Gasteiger partial charge in [0.1, 0.15) is 5.75 Å². The highest BCUT2D eigenvalue weighted by atomic mass is 32.2. The number of aromatic nitrogens is 3. The number of ether oxygens (including phenoxy) is 1. The van der Waals surface area contributed by atoms with E-state index in [1.165, 1.54) is 11.1 Å². The molecule has 1 saturated carbocycles. The molecule has 0 bridgehead atoms. The van der Waals surface area contributed by atoms with Crippen LogP contribution in [0.5, 0.6) is 5.75 Å². The summed E-state index contributed by atoms with van der Waals surface area (Å²) in [4.78, 5) is 7.04. The van der Waals surface area contributed by atoms with E-state index in [1.807, 2.05) is 25.1 Å². The van der Waals surface area contributed by atoms with Crippen LogP contribution in [0.1, 0.15) is 30.9 Å². The fraction of sp³-hybridized carbons (Fsp3) is 0.379. The van der Waals surface area contributed by atoms with E-state index in [9.17, 15) is 13.5 Å². The van der Waals surface area contributed by atoms with Gasteiger partial charge < -0.3 is 20.1 Å². The third-order valence-corrected chi connectivity index (χ3v) is 8.94. The highest BCUT2D eigenvalue weighted by Gasteiger charge is 2.28. The van der Waals surface area contributed by atoms with Crippen molar-refractivity contribution in [3.8, 4) is 17.0 Å². The van der Waals surface area contributed by atoms with E-state index in [1.54, 1.807) is 36.0 Å². The van der Waals surface area contributed by atoms with Crippen LogP contribution in [-0.4, -0.2) is 71.9 Å². The number of hydrogen-bond donors (Lipinski definition) is 3. The summed E-state index contributed by atoms with van der Waals surface area (Å²) >= 11 is 0. The molecule has 2 aromatic heterocycles. The number of hydrogen-bond acceptors (Lipinski definition) is 8. The second-order valence-electron chi connectivity index (χ2n) is 10.7. The third-order valence-electron chi connectivity index (χ3n) is 7.42. The molecule has 0 spiro atoms. The van der Waals surface area contributed by atoms with Gasteiger partial charge in [0.05, 0.1) is 41.2 Å². The average Bonchev–Trinajstić information content (AvgIpc) is 3.68. The van der Waals surface area contributed by atoms with Crippen molar-refractivity contribution in [1.29, 1.82) is 0 Å². The molecule has 1 fully saturated rings. The predicted molar refractivity (Wildman–Crippen MR) is 154 cm³/mol. The molecule has 2 aromatic carbocycles. The van der Waals surface area contributed by atoms with Crippen molar-refractivity contribution in [3.05, 3.63) is 65.9 Å². The van der Waals surface area contributed by atoms with Crippen molar-refractivity contribution < 1.29 is 18.3 Å². The maximum Gasteiger partial charge on any atom is 0.245 e. The second kappa shape index (κ2) is 10.8. The first-order chi connectivity index (χ1) is 19.3. The molecule has 11 heteroatoms. The van der Waals surface area contributed by atoms with Crippen molar-refractivity contribution in [2.45, 2.75) is 49.6 Å². The van der Waals surface area contributed by atoms with Crippen LogP contribution in [0, 0.1) is 0 Å². The number of fused-ring (bicyclic) bond motifs is 2. The summed E-state index contributed by atoms with van der Waals surface area (Å²) in [5.74, 6) is 1.10. The summed E-state index contributed by atoms with van der Waals surface area (Å²) in [6.45, 7) is 4.25. The molecule has 0 radical (unpaired) electrons. The minimum atomic E-state index is -3.57. The van der Waals surface area contributed by atoms with Gasteiger partial charge in [0.15, 0.2) is 0 Å². The summed E-state index contributed by atoms with van der Waals surface area (Å²) in [7, 11) is -1.92. The van der Waals surface area contributed by atoms with Gasteiger partial charge in [-0.3, -0.25) is 0 Å². The van der Waals surface area contributed by atoms with E-state index >= 15 is 0 Å². The number of nitrogens with one attached hydrogen (secondary N) is 2. The number of anilines is 2. The summed E-state index contributed by atoms with van der Waals surface area (Å²) < 4.78 is 35.8. The van der Waals surface area contributed by atoms with Gasteiger partial charge in [0, 0.05) is 31.2 Å². The lowest BCUT2D eigenvalue weighted by atomic mass is 10.0. The van der Waals surface area contributed by atoms with Gasteiger partial charge in [-0.15, -0.1) is 5.10 Å². The van der Waals surface area contributed by atoms with Crippen LogP contribution < -0.4 is 14.8 Å². The van der Waals surface area contributed by atoms with Gasteiger partial charge in [-0.05, 0) is 80.1 Å². The van der Waals surface area contributed by atoms with Crippen molar-refractivity contribution >= 4 is 27.2 Å². The standard InChI is InChI=1S/C29H34N6O4S/c1-19(36)18-34-12-10-20-15-26(28(39-2)16-21(20)11-13-34)31-29-30-17-24-8-9-27(35(24)32-29)22-4-3-5-25(14-22)40(37,38)33-23-6-7-23/h3-5,8-9,14-17,19,23,33,36H,6-7,10-13,18H2,1-2H3,(H,31,32). The zero-order chi connectivity index (χ0) is 27.9. The summed E-state index contributed by atoms with van der Waals surface area (Å²) in [5, 5.41) is 17.9. The lowest BCUT2D eigenvalue weighted by molar-refractivity contribution is 0.129. The molecule has 10 nitrogen and oxygen atoms in total. The van der Waals surface area contributed by atoms with Gasteiger partial charge in [0.2, 0.25) is 16.0 Å². The van der Waals surface area contributed by atoms with Crippen LogP contribution in [0.4, 0.5) is 11.6 Å². The summed E-state index contributed by atoms with van der Waals surface area (Å²) in [5.41, 5.74) is 5.54. The van der Waals surface area contributed by atoms with Crippen molar-refractivity contribution in [2.75, 3.05) is 32.1 Å². The van der Waals surface area contributed by atoms with Gasteiger partial charge in [0.25, 0.3) is 0 Å². The molecule has 3 heterocycles. The first-order valence-electron chi connectivity index (χ1n) is 13.6. The van der Waals surface area contributed by atoms with Crippen LogP contribution in [0.15, 0.2) is 59.6 Å². The molecule has 1 unspecified atom stereocenters. The first kappa shape index (κ1) is 26.7. The highest BCUT2D eigenvalue weighted by Crippen LogP contribution is 2.33. The van der Waals surface area contributed by atoms with Crippen LogP contribution in [0.3, 0.4) is 0 Å². The lowest BCUT2D eigenvalue weighted by Crippen LogP contribution is -2.33. The monoisotopic (exact) mass is 562 g/mol. The van der Waals surface area contributed by atoms with Crippen LogP contribution >= 0.6 is 0 Å². The molecular weight excluding hydrogens is 528 g/mol. The molecule has 0 saturated heterocycles. The van der Waals surface area contributed by atoms with Gasteiger partial charge in [-0.2, -0.15) is 0 Å². The Bertz CT molecular complexity index is 1650. The Morgan fingerprint density at radius 2 is 1.88 bits per heavy atom. The van der Waals surface area contributed by atoms with Crippen molar-refractivity contribution in [1.82, 2.24) is 24.2 Å². The van der Waals surface area contributed by atoms with Crippen molar-refractivity contribution in [3.63, 3.8) is 0 Å². The average molecular weight is 563 g/mol. The number of aliphatic hydroxyl groups is 1. The predicted octanol–water partition coefficient (Wildman–Crippen LogP) is 3.37. The molecule has 1 atom stereocenters. The Hall–Kier alpha value is -3.51. The molecule has 2 aliphatic rings. The lowest BCUT2D eigenvalue weighted by Gasteiger charge is -2.20. The Morgan fingerprint density at radius 1 is 1.10 bits per heavy atom. The maximum atomic E-state index is 12.8. The Morgan fingerprint density at radius 3 is 2.60 bits per heavy atom. The molecule has 1 aliphatic carbocycles. The summed E-state index contributed by atoms with van der Waals surface area (Å²) in [6, 6.07) is 15.0. The number of benzene rings is 2. The quantitative estimate of drug-likeness (QED) is 0.284. The third kappa shape index (κ3) is 5.68. The van der Waals surface area contributed by atoms with E-state index in [2.05, 4.69) is 32.1 Å². The normalized spacial score (nSPS) is 16.9. The molecular formula is C29H34N6O4S. The topological polar surface area (TPSA) is 121 Å². The van der Waals surface area contributed by atoms with Crippen molar-refractivity contribution in [2.24, 2.45) is 0 Å². The largest absolute Gasteiger partial charge is 0.495 e. The molecule has 4 aromatic rings. The number of sulfonamides is 1. The van der Waals surface area contributed by atoms with Gasteiger partial charge in [-0.25, -0.2) is 22.6 Å². The van der Waals surface area contributed by atoms with E-state index in [4.69, 9.17) is 9.84 Å². The molecule has 210 valence electrons. The summed E-state index contributed by atoms with van der Waals surface area (Å²) in [6.07, 6.45) is 4.90. The zero-order valence-corrected chi connectivity index (χ0v) is 23.5. The SMILES string of the molecule is COc1cc2c(cc1Nc1ncc3ccc(-c4cccc(S(=O)(=O)NC5CC5)c4)n3n1)CCN(CC(C)O)CC2. The number of β-amino-alcohol motifs (C(OH)–C–C–N with tert-alkyl or cyclic N) is 1. The molecule has 6 rings (SSSR count). The zero-order valence-electron chi connectivity index (χ0n) is 22.7. The Balaban J connectivity index is 1.28. The van der Waals surface area contributed by atoms with E-state index in [0.29, 0.717) is 18.2 Å². The first-order valence-corrected chi connectivity index (χ1v) is 15.1. The second-order valence-corrected chi connectivity index (χ2v) is 12.4. The molecule has 0 amide bonds. The van der Waals surface area contributed by atoms with Crippen LogP contribution in [-0.2, 0) is 22.9 Å². The fourth-order valence-corrected chi connectivity index (χ4v) is 6.58. The van der Waals surface area contributed by atoms with Gasteiger partial charge in [-0.1, -0.05) is 12.1 Å². The number of methoxy groups -OCH3 is 1. The molecule has 3 N–H and O–H groups in total. The Labute approximate surface area is 234 Å². The molecule has 1 aliphatic heterocycles. The maximum absolute atomic E-state index is 12.8. The van der Waals surface area contributed by atoms with E-state index in [-0.39, 0.29) is 17.0 Å². The van der Waals surface area contributed by atoms with Gasteiger partial charge >= 0.3 is 0 Å². The van der Waals surface area contributed by atoms with Crippen LogP contribution in [0.2, 0.25) is 0 Å². The number of aliphatic hydroxyl groups excluding tert-OH is 1. The Kier molecular flexibility index (Phi) is 7.22. The van der Waals surface area contributed by atoms with E-state index < -0.39 is 10.0 Å².